The fourth-order valence-electron chi connectivity index (χ4n) is 4.09. The highest BCUT2D eigenvalue weighted by Gasteiger charge is 2.44. The summed E-state index contributed by atoms with van der Waals surface area (Å²) in [5, 5.41) is 18.8. The van der Waals surface area contributed by atoms with Crippen molar-refractivity contribution in [3.05, 3.63) is 40.7 Å². The van der Waals surface area contributed by atoms with Crippen LogP contribution in [-0.4, -0.2) is 44.7 Å². The Hall–Kier alpha value is -2.39. The first kappa shape index (κ1) is 25.2. The van der Waals surface area contributed by atoms with Gasteiger partial charge in [0.1, 0.15) is 11.6 Å². The van der Waals surface area contributed by atoms with Crippen LogP contribution in [0.2, 0.25) is 0 Å². The molecule has 3 N–H and O–H groups in total. The molecule has 1 aliphatic carbocycles. The molecule has 2 amide bonds. The molecular formula is C24H31N3O4S2. The SMILES string of the molecule is CCCC[C@@H](S)C(=O)NC1(C(=O)NC(Cc2ccc(-c3ccsc3)nc2)C(=O)O)CCCC1. The molecule has 178 valence electrons. The minimum absolute atomic E-state index is 0.105. The molecule has 0 aliphatic heterocycles. The number of thiol groups is 1. The molecule has 1 aliphatic rings. The highest BCUT2D eigenvalue weighted by molar-refractivity contribution is 7.81. The largest absolute Gasteiger partial charge is 0.480 e. The van der Waals surface area contributed by atoms with Gasteiger partial charge in [0, 0.05) is 23.6 Å². The van der Waals surface area contributed by atoms with Crippen molar-refractivity contribution in [3.63, 3.8) is 0 Å². The fraction of sp³-hybridized carbons (Fsp3) is 0.500. The van der Waals surface area contributed by atoms with Gasteiger partial charge in [-0.25, -0.2) is 4.79 Å². The number of aromatic nitrogens is 1. The van der Waals surface area contributed by atoms with Crippen LogP contribution >= 0.6 is 24.0 Å². The Labute approximate surface area is 203 Å². The van der Waals surface area contributed by atoms with E-state index >= 15 is 0 Å². The average molecular weight is 490 g/mol. The molecule has 7 nitrogen and oxygen atoms in total. The number of hydrogen-bond acceptors (Lipinski definition) is 6. The quantitative estimate of drug-likeness (QED) is 0.359. The van der Waals surface area contributed by atoms with Crippen LogP contribution < -0.4 is 10.6 Å². The third-order valence-corrected chi connectivity index (χ3v) is 7.25. The highest BCUT2D eigenvalue weighted by Crippen LogP contribution is 2.31. The molecule has 0 radical (unpaired) electrons. The zero-order valence-corrected chi connectivity index (χ0v) is 20.5. The van der Waals surface area contributed by atoms with Gasteiger partial charge in [-0.1, -0.05) is 38.7 Å². The number of carbonyl (C=O) groups excluding carboxylic acids is 2. The molecule has 2 heterocycles. The van der Waals surface area contributed by atoms with E-state index in [-0.39, 0.29) is 12.3 Å². The molecule has 0 aromatic carbocycles. The smallest absolute Gasteiger partial charge is 0.326 e. The number of carboxylic acids is 1. The summed E-state index contributed by atoms with van der Waals surface area (Å²) in [6.07, 6.45) is 6.78. The number of hydrogen-bond donors (Lipinski definition) is 4. The van der Waals surface area contributed by atoms with E-state index in [1.54, 1.807) is 17.5 Å². The Morgan fingerprint density at radius 2 is 2.00 bits per heavy atom. The number of carboxylic acid groups (broad SMARTS) is 1. The van der Waals surface area contributed by atoms with Crippen LogP contribution in [0.15, 0.2) is 35.2 Å². The van der Waals surface area contributed by atoms with Crippen LogP contribution in [0.4, 0.5) is 0 Å². The monoisotopic (exact) mass is 489 g/mol. The van der Waals surface area contributed by atoms with Crippen molar-refractivity contribution >= 4 is 41.7 Å². The van der Waals surface area contributed by atoms with Crippen molar-refractivity contribution in [2.24, 2.45) is 0 Å². The number of carbonyl (C=O) groups is 3. The molecule has 2 atom stereocenters. The van der Waals surface area contributed by atoms with Crippen LogP contribution in [-0.2, 0) is 20.8 Å². The van der Waals surface area contributed by atoms with Gasteiger partial charge in [0.2, 0.25) is 11.8 Å². The summed E-state index contributed by atoms with van der Waals surface area (Å²) in [5.74, 6) is -1.84. The number of aliphatic carboxylic acids is 1. The fourth-order valence-corrected chi connectivity index (χ4v) is 4.99. The summed E-state index contributed by atoms with van der Waals surface area (Å²) in [7, 11) is 0. The van der Waals surface area contributed by atoms with Crippen molar-refractivity contribution in [2.45, 2.75) is 75.1 Å². The van der Waals surface area contributed by atoms with Crippen LogP contribution in [0.1, 0.15) is 57.4 Å². The number of nitrogens with one attached hydrogen (secondary N) is 2. The molecule has 33 heavy (non-hydrogen) atoms. The van der Waals surface area contributed by atoms with Gasteiger partial charge >= 0.3 is 5.97 Å². The van der Waals surface area contributed by atoms with Gasteiger partial charge < -0.3 is 15.7 Å². The minimum Gasteiger partial charge on any atom is -0.480 e. The molecule has 2 aromatic heterocycles. The Morgan fingerprint density at radius 1 is 1.24 bits per heavy atom. The van der Waals surface area contributed by atoms with Gasteiger partial charge in [0.05, 0.1) is 10.9 Å². The normalized spacial score (nSPS) is 16.7. The molecule has 1 fully saturated rings. The lowest BCUT2D eigenvalue weighted by Crippen LogP contribution is -2.61. The maximum atomic E-state index is 13.2. The average Bonchev–Trinajstić information content (AvgIpc) is 3.50. The van der Waals surface area contributed by atoms with E-state index in [1.165, 1.54) is 0 Å². The number of pyridine rings is 1. The predicted molar refractivity (Wildman–Crippen MR) is 132 cm³/mol. The third kappa shape index (κ3) is 6.57. The van der Waals surface area contributed by atoms with Crippen LogP contribution in [0, 0.1) is 0 Å². The van der Waals surface area contributed by atoms with Gasteiger partial charge in [-0.3, -0.25) is 14.6 Å². The van der Waals surface area contributed by atoms with E-state index in [9.17, 15) is 19.5 Å². The summed E-state index contributed by atoms with van der Waals surface area (Å²) in [5.41, 5.74) is 1.45. The maximum Gasteiger partial charge on any atom is 0.326 e. The highest BCUT2D eigenvalue weighted by atomic mass is 32.1. The molecule has 1 unspecified atom stereocenters. The molecular weight excluding hydrogens is 458 g/mol. The first-order chi connectivity index (χ1) is 15.8. The van der Waals surface area contributed by atoms with Crippen molar-refractivity contribution in [1.82, 2.24) is 15.6 Å². The summed E-state index contributed by atoms with van der Waals surface area (Å²) in [6.45, 7) is 2.04. The van der Waals surface area contributed by atoms with E-state index in [2.05, 4.69) is 28.2 Å². The summed E-state index contributed by atoms with van der Waals surface area (Å²) < 4.78 is 0. The molecule has 0 spiro atoms. The standard InChI is InChI=1S/C24H31N3O4S2/c1-2-3-6-20(32)21(28)27-24(10-4-5-11-24)23(31)26-19(22(29)30)13-16-7-8-18(25-14-16)17-9-12-33-15-17/h7-9,12,14-15,19-20,32H,2-6,10-11,13H2,1H3,(H,26,31)(H,27,28)(H,29,30)/t19?,20-/m1/s1. The number of amides is 2. The Kier molecular flexibility index (Phi) is 8.91. The third-order valence-electron chi connectivity index (χ3n) is 6.07. The van der Waals surface area contributed by atoms with E-state index < -0.39 is 28.7 Å². The van der Waals surface area contributed by atoms with E-state index in [1.807, 2.05) is 35.9 Å². The lowest BCUT2D eigenvalue weighted by atomic mass is 9.94. The lowest BCUT2D eigenvalue weighted by Gasteiger charge is -2.31. The first-order valence-electron chi connectivity index (χ1n) is 11.4. The first-order valence-corrected chi connectivity index (χ1v) is 12.8. The molecule has 1 saturated carbocycles. The van der Waals surface area contributed by atoms with Gasteiger partial charge in [-0.15, -0.1) is 0 Å². The molecule has 9 heteroatoms. The molecule has 0 saturated heterocycles. The Morgan fingerprint density at radius 3 is 2.58 bits per heavy atom. The van der Waals surface area contributed by atoms with Crippen molar-refractivity contribution in [1.29, 1.82) is 0 Å². The van der Waals surface area contributed by atoms with Gasteiger partial charge in [-0.2, -0.15) is 24.0 Å². The molecule has 3 rings (SSSR count). The Balaban J connectivity index is 1.67. The minimum atomic E-state index is -1.13. The van der Waals surface area contributed by atoms with Crippen LogP contribution in [0.5, 0.6) is 0 Å². The second kappa shape index (κ2) is 11.7. The van der Waals surface area contributed by atoms with Crippen LogP contribution in [0.25, 0.3) is 11.3 Å². The number of thiophene rings is 1. The predicted octanol–water partition coefficient (Wildman–Crippen LogP) is 3.84. The number of unbranched alkanes of at least 4 members (excludes halogenated alkanes) is 1. The lowest BCUT2D eigenvalue weighted by molar-refractivity contribution is -0.143. The topological polar surface area (TPSA) is 108 Å². The van der Waals surface area contributed by atoms with Crippen molar-refractivity contribution in [2.75, 3.05) is 0 Å². The summed E-state index contributed by atoms with van der Waals surface area (Å²) >= 11 is 5.97. The van der Waals surface area contributed by atoms with E-state index in [4.69, 9.17) is 0 Å². The second-order valence-corrected chi connectivity index (χ2v) is 9.97. The van der Waals surface area contributed by atoms with Crippen LogP contribution in [0.3, 0.4) is 0 Å². The van der Waals surface area contributed by atoms with Gasteiger partial charge in [-0.05, 0) is 42.3 Å². The number of rotatable bonds is 11. The molecule has 0 bridgehead atoms. The zero-order chi connectivity index (χ0) is 23.8. The number of nitrogens with zero attached hydrogens (tertiary/aromatic N) is 1. The van der Waals surface area contributed by atoms with E-state index in [0.29, 0.717) is 24.8 Å². The van der Waals surface area contributed by atoms with E-state index in [0.717, 1.165) is 36.9 Å². The summed E-state index contributed by atoms with van der Waals surface area (Å²) in [4.78, 5) is 42.2. The van der Waals surface area contributed by atoms with Crippen molar-refractivity contribution in [3.8, 4) is 11.3 Å². The van der Waals surface area contributed by atoms with Crippen molar-refractivity contribution < 1.29 is 19.5 Å². The Bertz CT molecular complexity index is 941. The van der Waals surface area contributed by atoms with Gasteiger partial charge in [0.15, 0.2) is 0 Å². The second-order valence-electron chi connectivity index (χ2n) is 8.57. The molecule has 2 aromatic rings. The maximum absolute atomic E-state index is 13.2. The zero-order valence-electron chi connectivity index (χ0n) is 18.8. The summed E-state index contributed by atoms with van der Waals surface area (Å²) in [6, 6.07) is 4.53. The van der Waals surface area contributed by atoms with Gasteiger partial charge in [0.25, 0.3) is 0 Å².